The minimum Gasteiger partial charge on any atom is -0.369 e. The summed E-state index contributed by atoms with van der Waals surface area (Å²) in [5, 5.41) is 3.43. The van der Waals surface area contributed by atoms with Gasteiger partial charge in [-0.05, 0) is 55.4 Å². The second kappa shape index (κ2) is 8.77. The van der Waals surface area contributed by atoms with Gasteiger partial charge < -0.3 is 10.2 Å². The molecule has 1 N–H and O–H groups in total. The molecule has 20 heavy (non-hydrogen) atoms. The van der Waals surface area contributed by atoms with Gasteiger partial charge in [0.05, 0.1) is 9.26 Å². The summed E-state index contributed by atoms with van der Waals surface area (Å²) in [6, 6.07) is 0. The largest absolute Gasteiger partial charge is 0.369 e. The fourth-order valence-electron chi connectivity index (χ4n) is 1.86. The van der Waals surface area contributed by atoms with E-state index in [1.54, 1.807) is 0 Å². The van der Waals surface area contributed by atoms with Gasteiger partial charge in [0.25, 0.3) is 0 Å². The van der Waals surface area contributed by atoms with Crippen molar-refractivity contribution in [2.75, 3.05) is 32.5 Å². The van der Waals surface area contributed by atoms with Gasteiger partial charge in [-0.25, -0.2) is 9.97 Å². The average Bonchev–Trinajstić information content (AvgIpc) is 2.37. The molecule has 0 spiro atoms. The summed E-state index contributed by atoms with van der Waals surface area (Å²) in [7, 11) is 4.16. The van der Waals surface area contributed by atoms with Gasteiger partial charge in [-0.15, -0.1) is 0 Å². The zero-order chi connectivity index (χ0) is 15.1. The Morgan fingerprint density at radius 3 is 2.50 bits per heavy atom. The molecule has 1 aromatic heterocycles. The first-order valence-electron chi connectivity index (χ1n) is 7.37. The van der Waals surface area contributed by atoms with Gasteiger partial charge in [0.15, 0.2) is 0 Å². The second-order valence-corrected chi connectivity index (χ2v) is 6.91. The predicted octanol–water partition coefficient (Wildman–Crippen LogP) is 3.21. The van der Waals surface area contributed by atoms with Crippen LogP contribution < -0.4 is 5.32 Å². The minimum atomic E-state index is 0.610. The maximum atomic E-state index is 4.77. The van der Waals surface area contributed by atoms with Crippen LogP contribution in [0, 0.1) is 9.49 Å². The third-order valence-electron chi connectivity index (χ3n) is 2.89. The Bertz CT molecular complexity index is 419. The number of nitrogens with zero attached hydrogens (tertiary/aromatic N) is 3. The van der Waals surface area contributed by atoms with Crippen LogP contribution in [0.5, 0.6) is 0 Å². The second-order valence-electron chi connectivity index (χ2n) is 5.83. The number of rotatable bonds is 8. The third kappa shape index (κ3) is 5.91. The van der Waals surface area contributed by atoms with Crippen molar-refractivity contribution < 1.29 is 0 Å². The van der Waals surface area contributed by atoms with Crippen molar-refractivity contribution in [3.63, 3.8) is 0 Å². The molecule has 0 unspecified atom stereocenters. The Morgan fingerprint density at radius 2 is 1.95 bits per heavy atom. The van der Waals surface area contributed by atoms with Crippen molar-refractivity contribution in [2.45, 2.75) is 40.0 Å². The molecule has 1 aromatic rings. The minimum absolute atomic E-state index is 0.610. The van der Waals surface area contributed by atoms with E-state index in [2.05, 4.69) is 67.7 Å². The molecule has 0 amide bonds. The summed E-state index contributed by atoms with van der Waals surface area (Å²) in [4.78, 5) is 11.6. The summed E-state index contributed by atoms with van der Waals surface area (Å²) in [5.74, 6) is 2.57. The number of anilines is 1. The van der Waals surface area contributed by atoms with Gasteiger partial charge in [-0.3, -0.25) is 0 Å². The highest BCUT2D eigenvalue weighted by atomic mass is 127. The van der Waals surface area contributed by atoms with Crippen LogP contribution in [0.3, 0.4) is 0 Å². The maximum absolute atomic E-state index is 4.77. The van der Waals surface area contributed by atoms with Gasteiger partial charge in [0.2, 0.25) is 0 Å². The van der Waals surface area contributed by atoms with E-state index in [1.165, 1.54) is 9.26 Å². The number of hydrogen-bond acceptors (Lipinski definition) is 4. The Hall–Kier alpha value is -0.430. The lowest BCUT2D eigenvalue weighted by molar-refractivity contribution is 0.409. The first kappa shape index (κ1) is 17.6. The number of likely N-dealkylation sites (N-methyl/N-ethyl adjacent to an activating group) is 1. The fraction of sp³-hybridized carbons (Fsp3) is 0.733. The smallest absolute Gasteiger partial charge is 0.143 e. The van der Waals surface area contributed by atoms with Crippen LogP contribution in [0.1, 0.15) is 38.7 Å². The molecule has 1 heterocycles. The van der Waals surface area contributed by atoms with Crippen LogP contribution in [0.2, 0.25) is 0 Å². The lowest BCUT2D eigenvalue weighted by Crippen LogP contribution is -2.18. The van der Waals surface area contributed by atoms with Crippen molar-refractivity contribution >= 4 is 28.4 Å². The molecule has 0 aliphatic heterocycles. The average molecular weight is 390 g/mol. The van der Waals surface area contributed by atoms with E-state index in [0.717, 1.165) is 44.0 Å². The van der Waals surface area contributed by atoms with E-state index in [-0.39, 0.29) is 0 Å². The molecule has 0 fully saturated rings. The van der Waals surface area contributed by atoms with Crippen molar-refractivity contribution in [3.05, 3.63) is 15.1 Å². The van der Waals surface area contributed by atoms with Crippen molar-refractivity contribution in [2.24, 2.45) is 5.92 Å². The highest BCUT2D eigenvalue weighted by Gasteiger charge is 2.13. The molecular formula is C15H27IN4. The molecule has 5 heteroatoms. The lowest BCUT2D eigenvalue weighted by atomic mass is 10.1. The summed E-state index contributed by atoms with van der Waals surface area (Å²) >= 11 is 2.37. The lowest BCUT2D eigenvalue weighted by Gasteiger charge is -2.15. The van der Waals surface area contributed by atoms with Crippen LogP contribution in [0.4, 0.5) is 5.82 Å². The van der Waals surface area contributed by atoms with E-state index >= 15 is 0 Å². The SMILES string of the molecule is CCCNc1nc(CCN(C)C)nc(CC(C)C)c1I. The number of hydrogen-bond donors (Lipinski definition) is 1. The molecule has 0 radical (unpaired) electrons. The zero-order valence-corrected chi connectivity index (χ0v) is 15.5. The summed E-state index contributed by atoms with van der Waals surface area (Å²) < 4.78 is 1.18. The molecule has 0 saturated heterocycles. The molecule has 4 nitrogen and oxygen atoms in total. The maximum Gasteiger partial charge on any atom is 0.143 e. The quantitative estimate of drug-likeness (QED) is 0.693. The molecule has 0 atom stereocenters. The normalized spacial score (nSPS) is 11.4. The molecule has 0 aliphatic carbocycles. The van der Waals surface area contributed by atoms with Gasteiger partial charge in [-0.2, -0.15) is 0 Å². The van der Waals surface area contributed by atoms with Gasteiger partial charge in [0.1, 0.15) is 11.6 Å². The van der Waals surface area contributed by atoms with Gasteiger partial charge >= 0.3 is 0 Å². The molecule has 0 saturated carbocycles. The predicted molar refractivity (Wildman–Crippen MR) is 94.3 cm³/mol. The van der Waals surface area contributed by atoms with E-state index in [9.17, 15) is 0 Å². The Kier molecular flexibility index (Phi) is 7.72. The molecule has 1 rings (SSSR count). The monoisotopic (exact) mass is 390 g/mol. The first-order valence-corrected chi connectivity index (χ1v) is 8.45. The van der Waals surface area contributed by atoms with E-state index in [0.29, 0.717) is 5.92 Å². The van der Waals surface area contributed by atoms with Gasteiger partial charge in [0, 0.05) is 19.5 Å². The summed E-state index contributed by atoms with van der Waals surface area (Å²) in [6.45, 7) is 8.58. The molecule has 0 aliphatic rings. The summed E-state index contributed by atoms with van der Waals surface area (Å²) in [6.07, 6.45) is 3.01. The van der Waals surface area contributed by atoms with Crippen LogP contribution in [-0.2, 0) is 12.8 Å². The van der Waals surface area contributed by atoms with Crippen molar-refractivity contribution in [1.82, 2.24) is 14.9 Å². The fourth-order valence-corrected chi connectivity index (χ4v) is 2.51. The van der Waals surface area contributed by atoms with Crippen molar-refractivity contribution in [1.29, 1.82) is 0 Å². The number of halogens is 1. The molecule has 114 valence electrons. The highest BCUT2D eigenvalue weighted by molar-refractivity contribution is 14.1. The van der Waals surface area contributed by atoms with E-state index in [1.807, 2.05) is 0 Å². The number of nitrogens with one attached hydrogen (secondary N) is 1. The van der Waals surface area contributed by atoms with Crippen LogP contribution in [0.25, 0.3) is 0 Å². The molecule has 0 bridgehead atoms. The number of aromatic nitrogens is 2. The van der Waals surface area contributed by atoms with Gasteiger partial charge in [-0.1, -0.05) is 20.8 Å². The highest BCUT2D eigenvalue weighted by Crippen LogP contribution is 2.22. The molecular weight excluding hydrogens is 363 g/mol. The van der Waals surface area contributed by atoms with E-state index in [4.69, 9.17) is 9.97 Å². The van der Waals surface area contributed by atoms with Crippen LogP contribution in [0.15, 0.2) is 0 Å². The zero-order valence-electron chi connectivity index (χ0n) is 13.3. The summed E-state index contributed by atoms with van der Waals surface area (Å²) in [5.41, 5.74) is 1.18. The molecule has 0 aromatic carbocycles. The Morgan fingerprint density at radius 1 is 1.25 bits per heavy atom. The van der Waals surface area contributed by atoms with E-state index < -0.39 is 0 Å². The van der Waals surface area contributed by atoms with Crippen molar-refractivity contribution in [3.8, 4) is 0 Å². The Labute approximate surface area is 136 Å². The van der Waals surface area contributed by atoms with Crippen LogP contribution in [-0.4, -0.2) is 42.1 Å². The topological polar surface area (TPSA) is 41.1 Å². The Balaban J connectivity index is 2.98. The first-order chi connectivity index (χ1) is 9.43. The van der Waals surface area contributed by atoms with Crippen LogP contribution >= 0.6 is 22.6 Å². The standard InChI is InChI=1S/C15H27IN4/c1-6-8-17-15-14(16)12(10-11(2)3)18-13(19-15)7-9-20(4)5/h11H,6-10H2,1-5H3,(H,17,18,19). The third-order valence-corrected chi connectivity index (χ3v) is 4.03.